The Morgan fingerprint density at radius 3 is 3.12 bits per heavy atom. The molecule has 1 atom stereocenters. The van der Waals surface area contributed by atoms with Crippen LogP contribution in [0.4, 0.5) is 0 Å². The lowest BCUT2D eigenvalue weighted by Gasteiger charge is -1.91. The van der Waals surface area contributed by atoms with Crippen LogP contribution >= 0.6 is 8.07 Å². The summed E-state index contributed by atoms with van der Waals surface area (Å²) < 4.78 is 0. The molecular weight excluding hydrogens is 121 g/mol. The van der Waals surface area contributed by atoms with Crippen molar-refractivity contribution < 1.29 is 0 Å². The van der Waals surface area contributed by atoms with Crippen LogP contribution in [0.3, 0.4) is 0 Å². The van der Waals surface area contributed by atoms with E-state index < -0.39 is 8.07 Å². The van der Waals surface area contributed by atoms with Crippen molar-refractivity contribution in [2.45, 2.75) is 6.42 Å². The number of allylic oxidation sites excluding steroid dienone is 1. The highest BCUT2D eigenvalue weighted by molar-refractivity contribution is 7.59. The van der Waals surface area contributed by atoms with E-state index in [4.69, 9.17) is 5.53 Å². The van der Waals surface area contributed by atoms with Crippen LogP contribution < -0.4 is 0 Å². The van der Waals surface area contributed by atoms with E-state index in [-0.39, 0.29) is 0 Å². The average Bonchev–Trinajstić information content (AvgIpc) is 2.19. The fourth-order valence-corrected chi connectivity index (χ4v) is 1.81. The third-order valence-electron chi connectivity index (χ3n) is 0.957. The van der Waals surface area contributed by atoms with Crippen molar-refractivity contribution in [3.63, 3.8) is 0 Å². The fraction of sp³-hybridized carbons (Fsp3) is 0.500. The Kier molecular flexibility index (Phi) is 1.90. The van der Waals surface area contributed by atoms with Crippen molar-refractivity contribution in [3.8, 4) is 0 Å². The van der Waals surface area contributed by atoms with E-state index in [1.54, 1.807) is 0 Å². The Morgan fingerprint density at radius 2 is 2.62 bits per heavy atom. The van der Waals surface area contributed by atoms with E-state index in [9.17, 15) is 0 Å². The van der Waals surface area contributed by atoms with Crippen molar-refractivity contribution in [2.24, 2.45) is 4.88 Å². The van der Waals surface area contributed by atoms with Gasteiger partial charge in [0, 0.05) is 13.0 Å². The zero-order chi connectivity index (χ0) is 5.82. The SMILES string of the molecule is [N-]=[N+]=NP1C=CCC1. The van der Waals surface area contributed by atoms with Crippen LogP contribution in [0.15, 0.2) is 16.8 Å². The van der Waals surface area contributed by atoms with Gasteiger partial charge in [-0.2, -0.15) is 0 Å². The molecule has 0 aromatic carbocycles. The first kappa shape index (κ1) is 5.61. The zero-order valence-corrected chi connectivity index (χ0v) is 5.25. The average molecular weight is 127 g/mol. The lowest BCUT2D eigenvalue weighted by atomic mass is 10.5. The highest BCUT2D eigenvalue weighted by Gasteiger charge is 2.03. The van der Waals surface area contributed by atoms with Crippen molar-refractivity contribution in [2.75, 3.05) is 6.16 Å². The summed E-state index contributed by atoms with van der Waals surface area (Å²) in [5, 5.41) is 0. The van der Waals surface area contributed by atoms with Gasteiger partial charge < -0.3 is 0 Å². The quantitative estimate of drug-likeness (QED) is 0.225. The smallest absolute Gasteiger partial charge is 0.00993 e. The van der Waals surface area contributed by atoms with E-state index in [0.717, 1.165) is 12.6 Å². The molecule has 1 aliphatic heterocycles. The first-order chi connectivity index (χ1) is 3.93. The van der Waals surface area contributed by atoms with Crippen LogP contribution in [0.1, 0.15) is 6.42 Å². The number of nitrogens with zero attached hydrogens (tertiary/aromatic N) is 3. The van der Waals surface area contributed by atoms with Gasteiger partial charge in [-0.1, -0.05) is 16.8 Å². The van der Waals surface area contributed by atoms with Gasteiger partial charge in [-0.05, 0) is 18.1 Å². The van der Waals surface area contributed by atoms with Crippen LogP contribution in [-0.2, 0) is 0 Å². The standard InChI is InChI=1S/C4H6N3P/c5-6-7-8-3-1-2-4-8/h1,3H,2,4H2. The summed E-state index contributed by atoms with van der Waals surface area (Å²) in [7, 11) is -0.417. The Balaban J connectivity index is 2.48. The molecule has 0 fully saturated rings. The highest BCUT2D eigenvalue weighted by atomic mass is 31.1. The van der Waals surface area contributed by atoms with E-state index in [2.05, 4.69) is 15.9 Å². The van der Waals surface area contributed by atoms with E-state index in [0.29, 0.717) is 0 Å². The normalized spacial score (nSPS) is 25.2. The minimum atomic E-state index is -0.417. The molecule has 0 aromatic heterocycles. The summed E-state index contributed by atoms with van der Waals surface area (Å²) in [4.78, 5) is 6.30. The summed E-state index contributed by atoms with van der Waals surface area (Å²) in [5.74, 6) is 2.01. The van der Waals surface area contributed by atoms with Crippen molar-refractivity contribution in [3.05, 3.63) is 22.3 Å². The summed E-state index contributed by atoms with van der Waals surface area (Å²) >= 11 is 0. The second kappa shape index (κ2) is 2.71. The van der Waals surface area contributed by atoms with Gasteiger partial charge in [-0.3, -0.25) is 0 Å². The molecule has 0 amide bonds. The van der Waals surface area contributed by atoms with Crippen molar-refractivity contribution in [1.29, 1.82) is 0 Å². The van der Waals surface area contributed by atoms with Gasteiger partial charge in [0.25, 0.3) is 0 Å². The molecule has 3 nitrogen and oxygen atoms in total. The van der Waals surface area contributed by atoms with Gasteiger partial charge >= 0.3 is 0 Å². The summed E-state index contributed by atoms with van der Waals surface area (Å²) in [6.07, 6.45) is 4.21. The first-order valence-corrected chi connectivity index (χ1v) is 3.96. The lowest BCUT2D eigenvalue weighted by Crippen LogP contribution is -1.63. The van der Waals surface area contributed by atoms with E-state index in [1.807, 2.05) is 5.82 Å². The molecule has 4 heteroatoms. The first-order valence-electron chi connectivity index (χ1n) is 2.42. The predicted molar refractivity (Wildman–Crippen MR) is 34.7 cm³/mol. The maximum atomic E-state index is 7.97. The molecule has 42 valence electrons. The molecule has 1 aliphatic rings. The molecule has 1 heterocycles. The number of rotatable bonds is 1. The zero-order valence-electron chi connectivity index (χ0n) is 4.36. The molecule has 8 heavy (non-hydrogen) atoms. The Labute approximate surface area is 48.8 Å². The molecule has 0 saturated carbocycles. The minimum absolute atomic E-state index is 0.417. The third kappa shape index (κ3) is 1.22. The maximum Gasteiger partial charge on any atom is 0.00993 e. The van der Waals surface area contributed by atoms with Gasteiger partial charge in [0.1, 0.15) is 0 Å². The number of hydrogen-bond acceptors (Lipinski definition) is 1. The molecule has 1 unspecified atom stereocenters. The molecule has 0 N–H and O–H groups in total. The lowest BCUT2D eigenvalue weighted by molar-refractivity contribution is 1.26. The fourth-order valence-electron chi connectivity index (χ4n) is 0.603. The van der Waals surface area contributed by atoms with E-state index in [1.165, 1.54) is 0 Å². The van der Waals surface area contributed by atoms with Gasteiger partial charge in [-0.15, -0.1) is 0 Å². The number of hydrogen-bond donors (Lipinski definition) is 0. The molecular formula is C4H6N3P. The Bertz CT molecular complexity index is 147. The van der Waals surface area contributed by atoms with Gasteiger partial charge in [0.15, 0.2) is 0 Å². The third-order valence-corrected chi connectivity index (χ3v) is 2.54. The minimum Gasteiger partial charge on any atom is -0.0835 e. The van der Waals surface area contributed by atoms with Crippen LogP contribution in [-0.4, -0.2) is 6.16 Å². The largest absolute Gasteiger partial charge is 0.0835 e. The second-order valence-electron chi connectivity index (χ2n) is 1.52. The van der Waals surface area contributed by atoms with Crippen LogP contribution in [0.5, 0.6) is 0 Å². The maximum absolute atomic E-state index is 7.97. The van der Waals surface area contributed by atoms with Crippen molar-refractivity contribution in [1.82, 2.24) is 0 Å². The van der Waals surface area contributed by atoms with Crippen LogP contribution in [0, 0.1) is 0 Å². The molecule has 0 aliphatic carbocycles. The Morgan fingerprint density at radius 1 is 1.75 bits per heavy atom. The van der Waals surface area contributed by atoms with E-state index >= 15 is 0 Å². The molecule has 0 bridgehead atoms. The van der Waals surface area contributed by atoms with Crippen LogP contribution in [0.25, 0.3) is 10.4 Å². The monoisotopic (exact) mass is 127 g/mol. The summed E-state index contributed by atoms with van der Waals surface area (Å²) in [6, 6.07) is 0. The second-order valence-corrected chi connectivity index (χ2v) is 3.32. The predicted octanol–water partition coefficient (Wildman–Crippen LogP) is 2.61. The van der Waals surface area contributed by atoms with Gasteiger partial charge in [0.2, 0.25) is 0 Å². The topological polar surface area (TPSA) is 48.8 Å². The summed E-state index contributed by atoms with van der Waals surface area (Å²) in [5.41, 5.74) is 7.97. The Hall–Kier alpha value is -0.520. The number of azide groups is 1. The highest BCUT2D eigenvalue weighted by Crippen LogP contribution is 2.43. The summed E-state index contributed by atoms with van der Waals surface area (Å²) in [6.45, 7) is 0. The van der Waals surface area contributed by atoms with Crippen molar-refractivity contribution >= 4 is 8.07 Å². The van der Waals surface area contributed by atoms with Gasteiger partial charge in [0.05, 0.1) is 0 Å². The molecule has 0 aromatic rings. The molecule has 0 saturated heterocycles. The van der Waals surface area contributed by atoms with Gasteiger partial charge in [-0.25, -0.2) is 0 Å². The van der Waals surface area contributed by atoms with Crippen LogP contribution in [0.2, 0.25) is 0 Å². The molecule has 1 rings (SSSR count). The molecule has 0 radical (unpaired) electrons. The molecule has 0 spiro atoms.